The number of rotatable bonds is 4. The maximum atomic E-state index is 5.73. The number of nitrogens with two attached hydrogens (primary N) is 1. The Balaban J connectivity index is 1.71. The minimum absolute atomic E-state index is 0.0106. The molecule has 1 atom stereocenters. The van der Waals surface area contributed by atoms with Crippen LogP contribution in [-0.4, -0.2) is 62.3 Å². The quantitative estimate of drug-likeness (QED) is 0.908. The lowest BCUT2D eigenvalue weighted by atomic mass is 9.99. The molecule has 2 N–H and O–H groups in total. The minimum Gasteiger partial charge on any atom is -0.390 e. The van der Waals surface area contributed by atoms with Gasteiger partial charge in [0.2, 0.25) is 0 Å². The van der Waals surface area contributed by atoms with Gasteiger partial charge >= 0.3 is 0 Å². The van der Waals surface area contributed by atoms with E-state index in [9.17, 15) is 0 Å². The monoisotopic (exact) mass is 327 g/mol. The molecule has 1 fully saturated rings. The molecule has 1 aromatic carbocycles. The maximum Gasteiger partial charge on any atom is 0.145 e. The average Bonchev–Trinajstić information content (AvgIpc) is 3.35. The van der Waals surface area contributed by atoms with Crippen molar-refractivity contribution in [3.63, 3.8) is 0 Å². The molecule has 0 bridgehead atoms. The minimum atomic E-state index is 0.0106. The molecule has 0 amide bonds. The third kappa shape index (κ3) is 2.75. The second-order valence-corrected chi connectivity index (χ2v) is 6.76. The largest absolute Gasteiger partial charge is 0.390 e. The van der Waals surface area contributed by atoms with Crippen molar-refractivity contribution in [1.29, 1.82) is 0 Å². The topological polar surface area (TPSA) is 66.4 Å². The first-order chi connectivity index (χ1) is 11.8. The Labute approximate surface area is 143 Å². The summed E-state index contributed by atoms with van der Waals surface area (Å²) < 4.78 is 0. The van der Waals surface area contributed by atoms with Crippen molar-refractivity contribution in [2.24, 2.45) is 15.9 Å². The number of benzene rings is 1. The van der Waals surface area contributed by atoms with Gasteiger partial charge < -0.3 is 20.4 Å². The smallest absolute Gasteiger partial charge is 0.145 e. The van der Waals surface area contributed by atoms with Gasteiger partial charge in [0, 0.05) is 56.5 Å². The molecule has 0 spiro atoms. The number of likely N-dealkylation sites (N-methyl/N-ethyl adjacent to an activating group) is 1. The number of anilines is 1. The fraction of sp³-hybridized carbons (Fsp3) is 0.556. The summed E-state index contributed by atoms with van der Waals surface area (Å²) >= 11 is 0. The Morgan fingerprint density at radius 1 is 1.25 bits per heavy atom. The van der Waals surface area contributed by atoms with E-state index in [1.54, 1.807) is 0 Å². The Bertz CT molecular complexity index is 678. The molecule has 128 valence electrons. The third-order valence-electron chi connectivity index (χ3n) is 5.07. The fourth-order valence-corrected chi connectivity index (χ4v) is 3.69. The van der Waals surface area contributed by atoms with Crippen LogP contribution in [0.1, 0.15) is 30.4 Å². The van der Waals surface area contributed by atoms with Gasteiger partial charge in [-0.2, -0.15) is 0 Å². The van der Waals surface area contributed by atoms with Gasteiger partial charge in [0.1, 0.15) is 11.9 Å². The van der Waals surface area contributed by atoms with Crippen LogP contribution < -0.4 is 10.6 Å². The van der Waals surface area contributed by atoms with Crippen LogP contribution in [0.4, 0.5) is 5.69 Å². The van der Waals surface area contributed by atoms with Crippen LogP contribution in [0.2, 0.25) is 0 Å². The molecule has 0 aliphatic carbocycles. The van der Waals surface area contributed by atoms with E-state index in [-0.39, 0.29) is 6.10 Å². The molecule has 1 saturated heterocycles. The van der Waals surface area contributed by atoms with Crippen molar-refractivity contribution >= 4 is 17.2 Å². The summed E-state index contributed by atoms with van der Waals surface area (Å²) in [6.45, 7) is 4.59. The second-order valence-electron chi connectivity index (χ2n) is 6.76. The molecular weight excluding hydrogens is 302 g/mol. The molecule has 3 heterocycles. The maximum absolute atomic E-state index is 5.73. The average molecular weight is 327 g/mol. The first-order valence-corrected chi connectivity index (χ1v) is 8.84. The molecular formula is C18H25N5O. The van der Waals surface area contributed by atoms with E-state index in [4.69, 9.17) is 10.6 Å². The van der Waals surface area contributed by atoms with E-state index < -0.39 is 0 Å². The normalized spacial score (nSPS) is 23.5. The van der Waals surface area contributed by atoms with Crippen LogP contribution in [0.25, 0.3) is 0 Å². The highest BCUT2D eigenvalue weighted by Gasteiger charge is 2.26. The van der Waals surface area contributed by atoms with E-state index in [1.807, 2.05) is 0 Å². The number of aliphatic imine (C=N–C) groups is 1. The zero-order valence-electron chi connectivity index (χ0n) is 14.2. The summed E-state index contributed by atoms with van der Waals surface area (Å²) in [5, 5.41) is 4.30. The number of oxime groups is 1. The highest BCUT2D eigenvalue weighted by Crippen LogP contribution is 2.30. The zero-order valence-corrected chi connectivity index (χ0v) is 14.2. The van der Waals surface area contributed by atoms with Crippen molar-refractivity contribution in [2.45, 2.75) is 25.4 Å². The molecule has 24 heavy (non-hydrogen) atoms. The highest BCUT2D eigenvalue weighted by molar-refractivity contribution is 6.08. The van der Waals surface area contributed by atoms with Crippen molar-refractivity contribution in [1.82, 2.24) is 4.90 Å². The zero-order chi connectivity index (χ0) is 16.5. The van der Waals surface area contributed by atoms with Crippen LogP contribution in [0, 0.1) is 0 Å². The lowest BCUT2D eigenvalue weighted by molar-refractivity contribution is 0.0918. The Kier molecular flexibility index (Phi) is 4.14. The molecule has 0 saturated carbocycles. The summed E-state index contributed by atoms with van der Waals surface area (Å²) in [6, 6.07) is 6.62. The lowest BCUT2D eigenvalue weighted by Gasteiger charge is -2.23. The van der Waals surface area contributed by atoms with E-state index in [1.165, 1.54) is 29.7 Å². The Hall–Kier alpha value is -2.08. The summed E-state index contributed by atoms with van der Waals surface area (Å²) in [6.07, 6.45) is 3.30. The molecule has 6 heteroatoms. The van der Waals surface area contributed by atoms with E-state index in [0.717, 1.165) is 44.1 Å². The van der Waals surface area contributed by atoms with Gasteiger partial charge in [0.15, 0.2) is 0 Å². The van der Waals surface area contributed by atoms with Gasteiger partial charge in [-0.15, -0.1) is 0 Å². The predicted octanol–water partition coefficient (Wildman–Crippen LogP) is 1.43. The number of nitrogens with zero attached hydrogens (tertiary/aromatic N) is 4. The Morgan fingerprint density at radius 3 is 2.75 bits per heavy atom. The fourth-order valence-electron chi connectivity index (χ4n) is 3.69. The van der Waals surface area contributed by atoms with Crippen LogP contribution in [0.3, 0.4) is 0 Å². The number of hydrogen-bond acceptors (Lipinski definition) is 6. The highest BCUT2D eigenvalue weighted by atomic mass is 16.6. The summed E-state index contributed by atoms with van der Waals surface area (Å²) in [5.74, 6) is 1.09. The lowest BCUT2D eigenvalue weighted by Crippen LogP contribution is -2.25. The molecule has 0 radical (unpaired) electrons. The van der Waals surface area contributed by atoms with E-state index in [2.05, 4.69) is 45.2 Å². The van der Waals surface area contributed by atoms with Gasteiger partial charge in [-0.05, 0) is 18.9 Å². The SMILES string of the molecule is CN1CCN=C1c1ccc(C2=NOC(CN)C2)c(N2CCCC2)c1. The number of hydrogen-bond donors (Lipinski definition) is 1. The first-order valence-electron chi connectivity index (χ1n) is 8.84. The summed E-state index contributed by atoms with van der Waals surface area (Å²) in [5.41, 5.74) is 10.4. The first kappa shape index (κ1) is 15.4. The van der Waals surface area contributed by atoms with Gasteiger partial charge in [-0.3, -0.25) is 4.99 Å². The molecule has 3 aliphatic heterocycles. The molecule has 1 aromatic rings. The molecule has 1 unspecified atom stereocenters. The van der Waals surface area contributed by atoms with Crippen LogP contribution >= 0.6 is 0 Å². The van der Waals surface area contributed by atoms with Crippen molar-refractivity contribution in [3.05, 3.63) is 29.3 Å². The molecule has 3 aliphatic rings. The molecule has 0 aromatic heterocycles. The van der Waals surface area contributed by atoms with Gasteiger partial charge in [0.25, 0.3) is 0 Å². The van der Waals surface area contributed by atoms with Gasteiger partial charge in [-0.25, -0.2) is 0 Å². The summed E-state index contributed by atoms with van der Waals surface area (Å²) in [4.78, 5) is 14.8. The van der Waals surface area contributed by atoms with Crippen molar-refractivity contribution in [2.75, 3.05) is 44.7 Å². The van der Waals surface area contributed by atoms with Gasteiger partial charge in [0.05, 0.1) is 12.3 Å². The third-order valence-corrected chi connectivity index (χ3v) is 5.07. The van der Waals surface area contributed by atoms with Crippen molar-refractivity contribution < 1.29 is 4.84 Å². The standard InChI is InChI=1S/C18H25N5O/c1-22-9-6-20-18(22)13-4-5-15(16-11-14(12-19)24-21-16)17(10-13)23-7-2-3-8-23/h4-5,10,14H,2-3,6-9,11-12,19H2,1H3. The van der Waals surface area contributed by atoms with Crippen LogP contribution in [0.15, 0.2) is 28.3 Å². The Morgan fingerprint density at radius 2 is 2.08 bits per heavy atom. The van der Waals surface area contributed by atoms with E-state index >= 15 is 0 Å². The van der Waals surface area contributed by atoms with Gasteiger partial charge in [-0.1, -0.05) is 17.3 Å². The number of amidine groups is 1. The van der Waals surface area contributed by atoms with Crippen molar-refractivity contribution in [3.8, 4) is 0 Å². The predicted molar refractivity (Wildman–Crippen MR) is 97.0 cm³/mol. The second kappa shape index (κ2) is 6.43. The van der Waals surface area contributed by atoms with Crippen LogP contribution in [0.5, 0.6) is 0 Å². The molecule has 6 nitrogen and oxygen atoms in total. The summed E-state index contributed by atoms with van der Waals surface area (Å²) in [7, 11) is 2.11. The van der Waals surface area contributed by atoms with E-state index in [0.29, 0.717) is 6.54 Å². The molecule has 4 rings (SSSR count). The van der Waals surface area contributed by atoms with Crippen LogP contribution in [-0.2, 0) is 4.84 Å².